The van der Waals surface area contributed by atoms with Crippen molar-refractivity contribution in [2.45, 2.75) is 10.6 Å². The van der Waals surface area contributed by atoms with Crippen molar-refractivity contribution < 1.29 is 14.1 Å². The molecule has 0 atom stereocenters. The Labute approximate surface area is 146 Å². The molecule has 0 saturated carbocycles. The van der Waals surface area contributed by atoms with Gasteiger partial charge in [-0.2, -0.15) is 0 Å². The number of aromatic nitrogens is 2. The van der Waals surface area contributed by atoms with E-state index in [9.17, 15) is 14.9 Å². The van der Waals surface area contributed by atoms with E-state index in [1.54, 1.807) is 0 Å². The highest BCUT2D eigenvalue weighted by atomic mass is 32.2. The van der Waals surface area contributed by atoms with Crippen LogP contribution < -0.4 is 5.32 Å². The number of anilines is 1. The van der Waals surface area contributed by atoms with Crippen LogP contribution in [0.25, 0.3) is 0 Å². The second kappa shape index (κ2) is 7.58. The lowest BCUT2D eigenvalue weighted by Gasteiger charge is -2.00. The maximum Gasteiger partial charge on any atom is 0.322 e. The Morgan fingerprint density at radius 1 is 1.16 bits per heavy atom. The summed E-state index contributed by atoms with van der Waals surface area (Å²) in [4.78, 5) is 23.4. The zero-order valence-electron chi connectivity index (χ0n) is 12.8. The fourth-order valence-corrected chi connectivity index (χ4v) is 2.71. The minimum atomic E-state index is -0.567. The molecule has 2 aromatic carbocycles. The number of non-ortho nitro benzene ring substituents is 1. The van der Waals surface area contributed by atoms with Crippen molar-refractivity contribution in [1.82, 2.24) is 10.2 Å². The molecule has 1 amide bonds. The number of nitro groups is 1. The van der Waals surface area contributed by atoms with Gasteiger partial charge in [0.15, 0.2) is 0 Å². The second-order valence-corrected chi connectivity index (χ2v) is 5.91. The Hall–Kier alpha value is -3.20. The standard InChI is InChI=1S/C16H12N4O4S/c21-15(11-5-4-6-12(9-11)20(22)23)17-16-19-18-14(24-16)10-25-13-7-2-1-3-8-13/h1-9H,10H2,(H,17,19,21). The van der Waals surface area contributed by atoms with E-state index in [-0.39, 0.29) is 17.3 Å². The van der Waals surface area contributed by atoms with E-state index >= 15 is 0 Å². The molecule has 1 heterocycles. The lowest BCUT2D eigenvalue weighted by molar-refractivity contribution is -0.384. The van der Waals surface area contributed by atoms with Crippen LogP contribution in [-0.2, 0) is 5.75 Å². The Morgan fingerprint density at radius 2 is 1.96 bits per heavy atom. The van der Waals surface area contributed by atoms with Crippen LogP contribution in [0.5, 0.6) is 0 Å². The first-order valence-corrected chi connectivity index (χ1v) is 8.16. The van der Waals surface area contributed by atoms with Crippen molar-refractivity contribution in [3.8, 4) is 0 Å². The number of thioether (sulfide) groups is 1. The molecule has 1 N–H and O–H groups in total. The monoisotopic (exact) mass is 356 g/mol. The van der Waals surface area contributed by atoms with Crippen LogP contribution in [0.1, 0.15) is 16.2 Å². The van der Waals surface area contributed by atoms with E-state index in [0.717, 1.165) is 4.90 Å². The maximum absolute atomic E-state index is 12.1. The Morgan fingerprint density at radius 3 is 2.72 bits per heavy atom. The summed E-state index contributed by atoms with van der Waals surface area (Å²) in [5.41, 5.74) is -0.0364. The fourth-order valence-electron chi connectivity index (χ4n) is 1.95. The Balaban J connectivity index is 1.62. The summed E-state index contributed by atoms with van der Waals surface area (Å²) in [6, 6.07) is 15.0. The van der Waals surface area contributed by atoms with Gasteiger partial charge >= 0.3 is 6.01 Å². The average Bonchev–Trinajstić information content (AvgIpc) is 3.08. The van der Waals surface area contributed by atoms with Gasteiger partial charge in [-0.3, -0.25) is 20.2 Å². The van der Waals surface area contributed by atoms with E-state index in [1.807, 2.05) is 30.3 Å². The molecule has 0 spiro atoms. The van der Waals surface area contributed by atoms with Crippen LogP contribution in [0, 0.1) is 10.1 Å². The number of nitro benzene ring substituents is 1. The van der Waals surface area contributed by atoms with Crippen molar-refractivity contribution in [2.75, 3.05) is 5.32 Å². The number of amides is 1. The van der Waals surface area contributed by atoms with Crippen molar-refractivity contribution in [3.63, 3.8) is 0 Å². The number of benzene rings is 2. The zero-order chi connectivity index (χ0) is 17.6. The van der Waals surface area contributed by atoms with Gasteiger partial charge < -0.3 is 4.42 Å². The third-order valence-electron chi connectivity index (χ3n) is 3.11. The van der Waals surface area contributed by atoms with Crippen molar-refractivity contribution in [1.29, 1.82) is 0 Å². The highest BCUT2D eigenvalue weighted by Gasteiger charge is 2.14. The quantitative estimate of drug-likeness (QED) is 0.408. The first-order valence-electron chi connectivity index (χ1n) is 7.18. The lowest BCUT2D eigenvalue weighted by Crippen LogP contribution is -2.12. The molecule has 0 bridgehead atoms. The summed E-state index contributed by atoms with van der Waals surface area (Å²) in [6.07, 6.45) is 0. The molecule has 8 nitrogen and oxygen atoms in total. The Bertz CT molecular complexity index is 898. The van der Waals surface area contributed by atoms with E-state index < -0.39 is 10.8 Å². The molecule has 3 aromatic rings. The highest BCUT2D eigenvalue weighted by Crippen LogP contribution is 2.22. The number of hydrogen-bond donors (Lipinski definition) is 1. The van der Waals surface area contributed by atoms with Gasteiger partial charge in [-0.15, -0.1) is 16.9 Å². The van der Waals surface area contributed by atoms with Crippen molar-refractivity contribution in [3.05, 3.63) is 76.2 Å². The molecule has 3 rings (SSSR count). The summed E-state index contributed by atoms with van der Waals surface area (Å²) in [6.45, 7) is 0. The maximum atomic E-state index is 12.1. The topological polar surface area (TPSA) is 111 Å². The zero-order valence-corrected chi connectivity index (χ0v) is 13.6. The van der Waals surface area contributed by atoms with Crippen LogP contribution in [0.2, 0.25) is 0 Å². The number of hydrogen-bond acceptors (Lipinski definition) is 7. The van der Waals surface area contributed by atoms with E-state index in [1.165, 1.54) is 36.0 Å². The normalized spacial score (nSPS) is 10.4. The van der Waals surface area contributed by atoms with Crippen LogP contribution in [-0.4, -0.2) is 21.0 Å². The van der Waals surface area contributed by atoms with Crippen LogP contribution in [0.4, 0.5) is 11.7 Å². The molecule has 25 heavy (non-hydrogen) atoms. The van der Waals surface area contributed by atoms with Crippen LogP contribution in [0.15, 0.2) is 63.9 Å². The molecule has 0 fully saturated rings. The van der Waals surface area contributed by atoms with Gasteiger partial charge in [0.2, 0.25) is 5.89 Å². The van der Waals surface area contributed by atoms with Crippen molar-refractivity contribution >= 4 is 29.4 Å². The molecule has 1 aromatic heterocycles. The molecule has 0 unspecified atom stereocenters. The predicted molar refractivity (Wildman–Crippen MR) is 91.4 cm³/mol. The third-order valence-corrected chi connectivity index (χ3v) is 4.11. The first-order chi connectivity index (χ1) is 12.1. The van der Waals surface area contributed by atoms with E-state index in [4.69, 9.17) is 4.42 Å². The number of nitrogens with one attached hydrogen (secondary N) is 1. The van der Waals surface area contributed by atoms with Crippen LogP contribution in [0.3, 0.4) is 0 Å². The summed E-state index contributed by atoms with van der Waals surface area (Å²) in [5, 5.41) is 20.8. The smallest absolute Gasteiger partial charge is 0.322 e. The summed E-state index contributed by atoms with van der Waals surface area (Å²) < 4.78 is 5.37. The highest BCUT2D eigenvalue weighted by molar-refractivity contribution is 7.98. The van der Waals surface area contributed by atoms with E-state index in [0.29, 0.717) is 11.6 Å². The predicted octanol–water partition coefficient (Wildman–Crippen LogP) is 3.52. The average molecular weight is 356 g/mol. The summed E-state index contributed by atoms with van der Waals surface area (Å²) in [7, 11) is 0. The van der Waals surface area contributed by atoms with Gasteiger partial charge in [-0.05, 0) is 18.2 Å². The van der Waals surface area contributed by atoms with Gasteiger partial charge in [-0.1, -0.05) is 29.4 Å². The second-order valence-electron chi connectivity index (χ2n) is 4.86. The first kappa shape index (κ1) is 16.7. The molecule has 0 aliphatic carbocycles. The minimum absolute atomic E-state index is 0.0554. The van der Waals surface area contributed by atoms with Gasteiger partial charge in [0.05, 0.1) is 10.7 Å². The number of carbonyl (C=O) groups excluding carboxylic acids is 1. The van der Waals surface area contributed by atoms with Crippen LogP contribution >= 0.6 is 11.8 Å². The third kappa shape index (κ3) is 4.42. The van der Waals surface area contributed by atoms with Gasteiger partial charge in [-0.25, -0.2) is 0 Å². The summed E-state index contributed by atoms with van der Waals surface area (Å²) >= 11 is 1.52. The van der Waals surface area contributed by atoms with Gasteiger partial charge in [0.1, 0.15) is 0 Å². The molecule has 9 heteroatoms. The lowest BCUT2D eigenvalue weighted by atomic mass is 10.2. The number of nitrogens with zero attached hydrogens (tertiary/aromatic N) is 3. The summed E-state index contributed by atoms with van der Waals surface area (Å²) in [5.74, 6) is 0.266. The van der Waals surface area contributed by atoms with E-state index in [2.05, 4.69) is 15.5 Å². The molecular formula is C16H12N4O4S. The molecule has 126 valence electrons. The van der Waals surface area contributed by atoms with Gasteiger partial charge in [0, 0.05) is 22.6 Å². The molecule has 0 saturated heterocycles. The SMILES string of the molecule is O=C(Nc1nnc(CSc2ccccc2)o1)c1cccc([N+](=O)[O-])c1. The molecule has 0 aliphatic heterocycles. The molecular weight excluding hydrogens is 344 g/mol. The number of rotatable bonds is 6. The minimum Gasteiger partial charge on any atom is -0.407 e. The number of carbonyl (C=O) groups is 1. The largest absolute Gasteiger partial charge is 0.407 e. The molecule has 0 aliphatic rings. The van der Waals surface area contributed by atoms with Crippen molar-refractivity contribution in [2.24, 2.45) is 0 Å². The fraction of sp³-hybridized carbons (Fsp3) is 0.0625. The Kier molecular flexibility index (Phi) is 5.05. The molecule has 0 radical (unpaired) electrons. The van der Waals surface area contributed by atoms with Gasteiger partial charge in [0.25, 0.3) is 11.6 Å².